The standard InChI is InChI=1S/C19H26N4O3/c1-14(2)10-11-20-18-9-8-17(22-23-18)19(24)21-12-13-26-16-6-4-15(25-3)5-7-16/h4-9,14H,10-13H2,1-3H3,(H,20,23)(H,21,24). The molecule has 0 saturated carbocycles. The molecule has 2 rings (SSSR count). The summed E-state index contributed by atoms with van der Waals surface area (Å²) in [5.41, 5.74) is 0.281. The van der Waals surface area contributed by atoms with Crippen LogP contribution in [0.25, 0.3) is 0 Å². The summed E-state index contributed by atoms with van der Waals surface area (Å²) in [6.45, 7) is 5.90. The quantitative estimate of drug-likeness (QED) is 0.635. The molecule has 1 aromatic carbocycles. The molecule has 1 heterocycles. The number of methoxy groups -OCH3 is 1. The van der Waals surface area contributed by atoms with Crippen LogP contribution < -0.4 is 20.1 Å². The molecule has 0 atom stereocenters. The molecule has 0 spiro atoms. The van der Waals surface area contributed by atoms with E-state index in [2.05, 4.69) is 34.7 Å². The zero-order chi connectivity index (χ0) is 18.8. The second-order valence-corrected chi connectivity index (χ2v) is 6.19. The first-order chi connectivity index (χ1) is 12.6. The van der Waals surface area contributed by atoms with Crippen molar-refractivity contribution in [1.29, 1.82) is 0 Å². The monoisotopic (exact) mass is 358 g/mol. The fourth-order valence-corrected chi connectivity index (χ4v) is 2.13. The van der Waals surface area contributed by atoms with Crippen molar-refractivity contribution in [3.63, 3.8) is 0 Å². The Bertz CT molecular complexity index is 672. The fourth-order valence-electron chi connectivity index (χ4n) is 2.13. The molecule has 2 aromatic rings. The van der Waals surface area contributed by atoms with Crippen LogP contribution in [0.2, 0.25) is 0 Å². The molecule has 0 bridgehead atoms. The molecule has 0 aliphatic rings. The third kappa shape index (κ3) is 6.58. The van der Waals surface area contributed by atoms with Gasteiger partial charge in [0.2, 0.25) is 0 Å². The molecule has 0 radical (unpaired) electrons. The minimum absolute atomic E-state index is 0.274. The number of anilines is 1. The third-order valence-corrected chi connectivity index (χ3v) is 3.64. The number of hydrogen-bond acceptors (Lipinski definition) is 6. The topological polar surface area (TPSA) is 85.4 Å². The lowest BCUT2D eigenvalue weighted by atomic mass is 10.1. The SMILES string of the molecule is COc1ccc(OCCNC(=O)c2ccc(NCCC(C)C)nn2)cc1. The Labute approximate surface area is 154 Å². The summed E-state index contributed by atoms with van der Waals surface area (Å²) in [7, 11) is 1.61. The summed E-state index contributed by atoms with van der Waals surface area (Å²) in [5.74, 6) is 2.51. The van der Waals surface area contributed by atoms with Gasteiger partial charge in [-0.05, 0) is 48.7 Å². The van der Waals surface area contributed by atoms with E-state index in [1.807, 2.05) is 24.3 Å². The number of rotatable bonds is 10. The van der Waals surface area contributed by atoms with Crippen molar-refractivity contribution in [1.82, 2.24) is 15.5 Å². The highest BCUT2D eigenvalue weighted by atomic mass is 16.5. The number of carbonyl (C=O) groups excluding carboxylic acids is 1. The summed E-state index contributed by atoms with van der Waals surface area (Å²) in [6.07, 6.45) is 1.05. The van der Waals surface area contributed by atoms with Crippen molar-refractivity contribution in [2.24, 2.45) is 5.92 Å². The minimum Gasteiger partial charge on any atom is -0.497 e. The van der Waals surface area contributed by atoms with Crippen molar-refractivity contribution < 1.29 is 14.3 Å². The van der Waals surface area contributed by atoms with Crippen LogP contribution in [0.1, 0.15) is 30.8 Å². The molecule has 26 heavy (non-hydrogen) atoms. The molecule has 0 aliphatic carbocycles. The van der Waals surface area contributed by atoms with Crippen LogP contribution >= 0.6 is 0 Å². The maximum atomic E-state index is 12.0. The third-order valence-electron chi connectivity index (χ3n) is 3.64. The van der Waals surface area contributed by atoms with E-state index in [4.69, 9.17) is 9.47 Å². The summed E-state index contributed by atoms with van der Waals surface area (Å²) < 4.78 is 10.6. The van der Waals surface area contributed by atoms with Gasteiger partial charge in [-0.1, -0.05) is 13.8 Å². The minimum atomic E-state index is -0.274. The second kappa shape index (κ2) is 10.2. The van der Waals surface area contributed by atoms with Gasteiger partial charge in [0, 0.05) is 6.54 Å². The lowest BCUT2D eigenvalue weighted by molar-refractivity contribution is 0.0941. The van der Waals surface area contributed by atoms with Gasteiger partial charge in [-0.25, -0.2) is 0 Å². The van der Waals surface area contributed by atoms with Crippen LogP contribution in [0.15, 0.2) is 36.4 Å². The molecule has 7 nitrogen and oxygen atoms in total. The largest absolute Gasteiger partial charge is 0.497 e. The van der Waals surface area contributed by atoms with Crippen LogP contribution in [-0.2, 0) is 0 Å². The van der Waals surface area contributed by atoms with Crippen molar-refractivity contribution >= 4 is 11.7 Å². The first-order valence-corrected chi connectivity index (χ1v) is 8.71. The first-order valence-electron chi connectivity index (χ1n) is 8.71. The lowest BCUT2D eigenvalue weighted by Gasteiger charge is -2.09. The van der Waals surface area contributed by atoms with Crippen molar-refractivity contribution in [3.05, 3.63) is 42.1 Å². The molecule has 2 N–H and O–H groups in total. The van der Waals surface area contributed by atoms with Crippen molar-refractivity contribution in [2.75, 3.05) is 32.1 Å². The summed E-state index contributed by atoms with van der Waals surface area (Å²) in [4.78, 5) is 12.0. The Kier molecular flexibility index (Phi) is 7.67. The highest BCUT2D eigenvalue weighted by molar-refractivity contribution is 5.92. The summed E-state index contributed by atoms with van der Waals surface area (Å²) in [6, 6.07) is 10.7. The Hall–Kier alpha value is -2.83. The van der Waals surface area contributed by atoms with Gasteiger partial charge in [-0.2, -0.15) is 0 Å². The smallest absolute Gasteiger partial charge is 0.271 e. The molecular formula is C19H26N4O3. The second-order valence-electron chi connectivity index (χ2n) is 6.19. The maximum Gasteiger partial charge on any atom is 0.271 e. The molecular weight excluding hydrogens is 332 g/mol. The highest BCUT2D eigenvalue weighted by Crippen LogP contribution is 2.16. The predicted molar refractivity (Wildman–Crippen MR) is 101 cm³/mol. The van der Waals surface area contributed by atoms with Gasteiger partial charge in [-0.15, -0.1) is 10.2 Å². The molecule has 140 valence electrons. The molecule has 1 aromatic heterocycles. The van der Waals surface area contributed by atoms with E-state index in [-0.39, 0.29) is 11.6 Å². The fraction of sp³-hybridized carbons (Fsp3) is 0.421. The van der Waals surface area contributed by atoms with Crippen LogP contribution in [0.5, 0.6) is 11.5 Å². The van der Waals surface area contributed by atoms with Gasteiger partial charge in [0.1, 0.15) is 23.9 Å². The summed E-state index contributed by atoms with van der Waals surface area (Å²) >= 11 is 0. The Balaban J connectivity index is 1.70. The number of ether oxygens (including phenoxy) is 2. The summed E-state index contributed by atoms with van der Waals surface area (Å²) in [5, 5.41) is 13.9. The van der Waals surface area contributed by atoms with Gasteiger partial charge in [0.15, 0.2) is 5.69 Å². The van der Waals surface area contributed by atoms with Crippen LogP contribution in [-0.4, -0.2) is 42.9 Å². The van der Waals surface area contributed by atoms with E-state index in [1.54, 1.807) is 19.2 Å². The van der Waals surface area contributed by atoms with E-state index in [0.717, 1.165) is 24.5 Å². The number of aromatic nitrogens is 2. The van der Waals surface area contributed by atoms with Crippen LogP contribution in [0, 0.1) is 5.92 Å². The molecule has 7 heteroatoms. The van der Waals surface area contributed by atoms with E-state index in [1.165, 1.54) is 0 Å². The van der Waals surface area contributed by atoms with Gasteiger partial charge < -0.3 is 20.1 Å². The number of benzene rings is 1. The molecule has 0 unspecified atom stereocenters. The number of hydrogen-bond donors (Lipinski definition) is 2. The number of nitrogens with one attached hydrogen (secondary N) is 2. The average molecular weight is 358 g/mol. The first kappa shape index (κ1) is 19.5. The van der Waals surface area contributed by atoms with Gasteiger partial charge in [0.05, 0.1) is 13.7 Å². The molecule has 0 fully saturated rings. The zero-order valence-electron chi connectivity index (χ0n) is 15.5. The number of carbonyl (C=O) groups is 1. The molecule has 0 saturated heterocycles. The number of amides is 1. The van der Waals surface area contributed by atoms with E-state index in [0.29, 0.717) is 24.9 Å². The predicted octanol–water partition coefficient (Wildman–Crippen LogP) is 2.75. The van der Waals surface area contributed by atoms with E-state index < -0.39 is 0 Å². The van der Waals surface area contributed by atoms with Crippen LogP contribution in [0.4, 0.5) is 5.82 Å². The van der Waals surface area contributed by atoms with Gasteiger partial charge in [0.25, 0.3) is 5.91 Å². The average Bonchev–Trinajstić information content (AvgIpc) is 2.66. The van der Waals surface area contributed by atoms with Crippen molar-refractivity contribution in [3.8, 4) is 11.5 Å². The van der Waals surface area contributed by atoms with Crippen LogP contribution in [0.3, 0.4) is 0 Å². The Morgan fingerprint density at radius 3 is 2.38 bits per heavy atom. The van der Waals surface area contributed by atoms with E-state index >= 15 is 0 Å². The van der Waals surface area contributed by atoms with E-state index in [9.17, 15) is 4.79 Å². The maximum absolute atomic E-state index is 12.0. The number of nitrogens with zero attached hydrogens (tertiary/aromatic N) is 2. The Morgan fingerprint density at radius 1 is 1.04 bits per heavy atom. The molecule has 0 aliphatic heterocycles. The zero-order valence-corrected chi connectivity index (χ0v) is 15.5. The van der Waals surface area contributed by atoms with Crippen molar-refractivity contribution in [2.45, 2.75) is 20.3 Å². The van der Waals surface area contributed by atoms with Gasteiger partial charge >= 0.3 is 0 Å². The normalized spacial score (nSPS) is 10.5. The molecule has 1 amide bonds. The lowest BCUT2D eigenvalue weighted by Crippen LogP contribution is -2.29. The highest BCUT2D eigenvalue weighted by Gasteiger charge is 2.07. The van der Waals surface area contributed by atoms with Gasteiger partial charge in [-0.3, -0.25) is 4.79 Å². The Morgan fingerprint density at radius 2 is 1.77 bits per heavy atom.